The standard InChI is InChI=1S/C14H14F4O/c1-3-9(4-2)7-13(19)10-5-6-11(12(15)8-10)14(16,17)18/h5-8H,3-4H2,1-2H3. The Bertz CT molecular complexity index is 495. The van der Waals surface area contributed by atoms with Crippen molar-refractivity contribution >= 4 is 5.78 Å². The number of carbonyl (C=O) groups excluding carboxylic acids is 1. The van der Waals surface area contributed by atoms with Gasteiger partial charge in [0.05, 0.1) is 5.56 Å². The van der Waals surface area contributed by atoms with Crippen molar-refractivity contribution in [3.05, 3.63) is 46.8 Å². The van der Waals surface area contributed by atoms with E-state index in [1.54, 1.807) is 0 Å². The Morgan fingerprint density at radius 2 is 1.79 bits per heavy atom. The maximum absolute atomic E-state index is 13.3. The van der Waals surface area contributed by atoms with Crippen LogP contribution < -0.4 is 0 Å². The maximum atomic E-state index is 13.3. The van der Waals surface area contributed by atoms with Crippen molar-refractivity contribution in [3.8, 4) is 0 Å². The monoisotopic (exact) mass is 274 g/mol. The normalized spacial score (nSPS) is 11.3. The van der Waals surface area contributed by atoms with Gasteiger partial charge in [0, 0.05) is 5.56 Å². The van der Waals surface area contributed by atoms with E-state index in [0.29, 0.717) is 25.0 Å². The van der Waals surface area contributed by atoms with Crippen LogP contribution in [0.4, 0.5) is 17.6 Å². The summed E-state index contributed by atoms with van der Waals surface area (Å²) >= 11 is 0. The molecular formula is C14H14F4O. The number of hydrogen-bond acceptors (Lipinski definition) is 1. The molecule has 19 heavy (non-hydrogen) atoms. The van der Waals surface area contributed by atoms with Crippen LogP contribution >= 0.6 is 0 Å². The summed E-state index contributed by atoms with van der Waals surface area (Å²) in [6, 6.07) is 2.21. The van der Waals surface area contributed by atoms with Crippen LogP contribution in [0.3, 0.4) is 0 Å². The van der Waals surface area contributed by atoms with Gasteiger partial charge in [-0.3, -0.25) is 4.79 Å². The Kier molecular flexibility index (Phi) is 4.86. The molecule has 1 rings (SSSR count). The largest absolute Gasteiger partial charge is 0.419 e. The van der Waals surface area contributed by atoms with Crippen LogP contribution in [0.5, 0.6) is 0 Å². The van der Waals surface area contributed by atoms with Gasteiger partial charge >= 0.3 is 6.18 Å². The van der Waals surface area contributed by atoms with E-state index in [1.165, 1.54) is 6.08 Å². The lowest BCUT2D eigenvalue weighted by Gasteiger charge is -2.08. The first kappa shape index (κ1) is 15.4. The fourth-order valence-electron chi connectivity index (χ4n) is 1.62. The molecule has 0 aromatic heterocycles. The van der Waals surface area contributed by atoms with E-state index in [-0.39, 0.29) is 5.56 Å². The highest BCUT2D eigenvalue weighted by atomic mass is 19.4. The summed E-state index contributed by atoms with van der Waals surface area (Å²) in [5.41, 5.74) is -0.575. The molecule has 0 bridgehead atoms. The summed E-state index contributed by atoms with van der Waals surface area (Å²) in [5, 5.41) is 0. The minimum absolute atomic E-state index is 0.0788. The second-order valence-corrected chi connectivity index (χ2v) is 4.07. The van der Waals surface area contributed by atoms with Crippen molar-refractivity contribution in [1.82, 2.24) is 0 Å². The van der Waals surface area contributed by atoms with Crippen molar-refractivity contribution in [1.29, 1.82) is 0 Å². The van der Waals surface area contributed by atoms with Gasteiger partial charge in [0.1, 0.15) is 5.82 Å². The van der Waals surface area contributed by atoms with Crippen molar-refractivity contribution in [3.63, 3.8) is 0 Å². The molecule has 0 fully saturated rings. The molecule has 0 aliphatic heterocycles. The summed E-state index contributed by atoms with van der Waals surface area (Å²) in [6.45, 7) is 3.74. The van der Waals surface area contributed by atoms with Gasteiger partial charge in [-0.05, 0) is 31.1 Å². The van der Waals surface area contributed by atoms with Gasteiger partial charge in [-0.15, -0.1) is 0 Å². The third kappa shape index (κ3) is 3.91. The summed E-state index contributed by atoms with van der Waals surface area (Å²) in [7, 11) is 0. The fourth-order valence-corrected chi connectivity index (χ4v) is 1.62. The van der Waals surface area contributed by atoms with Gasteiger partial charge in [-0.1, -0.05) is 25.5 Å². The second kappa shape index (κ2) is 5.99. The number of rotatable bonds is 4. The first-order valence-corrected chi connectivity index (χ1v) is 5.90. The minimum atomic E-state index is -4.75. The van der Waals surface area contributed by atoms with Crippen LogP contribution in [0.25, 0.3) is 0 Å². The van der Waals surface area contributed by atoms with E-state index >= 15 is 0 Å². The molecular weight excluding hydrogens is 260 g/mol. The molecule has 5 heteroatoms. The number of alkyl halides is 3. The molecule has 1 aromatic rings. The van der Waals surface area contributed by atoms with Gasteiger partial charge in [0.2, 0.25) is 0 Å². The smallest absolute Gasteiger partial charge is 0.289 e. The first-order valence-electron chi connectivity index (χ1n) is 5.90. The molecule has 1 nitrogen and oxygen atoms in total. The fraction of sp³-hybridized carbons (Fsp3) is 0.357. The van der Waals surface area contributed by atoms with Crippen LogP contribution in [0.1, 0.15) is 42.6 Å². The molecule has 104 valence electrons. The Morgan fingerprint density at radius 1 is 1.21 bits per heavy atom. The molecule has 0 atom stereocenters. The molecule has 0 aliphatic rings. The highest BCUT2D eigenvalue weighted by Gasteiger charge is 2.34. The predicted molar refractivity (Wildman–Crippen MR) is 64.4 cm³/mol. The Labute approximate surface area is 108 Å². The maximum Gasteiger partial charge on any atom is 0.419 e. The summed E-state index contributed by atoms with van der Waals surface area (Å²) < 4.78 is 50.4. The molecule has 0 heterocycles. The quantitative estimate of drug-likeness (QED) is 0.439. The van der Waals surface area contributed by atoms with Crippen LogP contribution in [0.15, 0.2) is 29.8 Å². The van der Waals surface area contributed by atoms with Crippen molar-refractivity contribution < 1.29 is 22.4 Å². The molecule has 1 aromatic carbocycles. The Balaban J connectivity index is 3.08. The Hall–Kier alpha value is -1.65. The molecule has 0 amide bonds. The molecule has 0 spiro atoms. The number of carbonyl (C=O) groups is 1. The molecule has 0 unspecified atom stereocenters. The molecule has 0 radical (unpaired) electrons. The van der Waals surface area contributed by atoms with E-state index in [4.69, 9.17) is 0 Å². The SMILES string of the molecule is CCC(=CC(=O)c1ccc(C(F)(F)F)c(F)c1)CC. The lowest BCUT2D eigenvalue weighted by molar-refractivity contribution is -0.140. The van der Waals surface area contributed by atoms with E-state index in [1.807, 2.05) is 13.8 Å². The summed E-state index contributed by atoms with van der Waals surface area (Å²) in [4.78, 5) is 11.8. The number of allylic oxidation sites excluding steroid dienone is 2. The third-order valence-electron chi connectivity index (χ3n) is 2.80. The lowest BCUT2D eigenvalue weighted by Crippen LogP contribution is -2.09. The topological polar surface area (TPSA) is 17.1 Å². The third-order valence-corrected chi connectivity index (χ3v) is 2.80. The first-order chi connectivity index (χ1) is 8.79. The highest BCUT2D eigenvalue weighted by Crippen LogP contribution is 2.31. The van der Waals surface area contributed by atoms with Gasteiger partial charge in [0.15, 0.2) is 5.78 Å². The zero-order chi connectivity index (χ0) is 14.6. The number of benzene rings is 1. The zero-order valence-electron chi connectivity index (χ0n) is 10.6. The number of halogens is 4. The van der Waals surface area contributed by atoms with Crippen LogP contribution in [-0.4, -0.2) is 5.78 Å². The van der Waals surface area contributed by atoms with Gasteiger partial charge < -0.3 is 0 Å². The summed E-state index contributed by atoms with van der Waals surface area (Å²) in [6.07, 6.45) is -2.06. The van der Waals surface area contributed by atoms with Crippen LogP contribution in [0, 0.1) is 5.82 Å². The predicted octanol–water partition coefficient (Wildman–Crippen LogP) is 4.77. The van der Waals surface area contributed by atoms with Crippen molar-refractivity contribution in [2.75, 3.05) is 0 Å². The summed E-state index contributed by atoms with van der Waals surface area (Å²) in [5.74, 6) is -1.91. The van der Waals surface area contributed by atoms with Crippen LogP contribution in [-0.2, 0) is 6.18 Å². The molecule has 0 aliphatic carbocycles. The van der Waals surface area contributed by atoms with E-state index in [9.17, 15) is 22.4 Å². The van der Waals surface area contributed by atoms with Crippen molar-refractivity contribution in [2.45, 2.75) is 32.9 Å². The van der Waals surface area contributed by atoms with Gasteiger partial charge in [-0.25, -0.2) is 4.39 Å². The van der Waals surface area contributed by atoms with Crippen LogP contribution in [0.2, 0.25) is 0 Å². The average molecular weight is 274 g/mol. The number of ketones is 1. The van der Waals surface area contributed by atoms with E-state index in [0.717, 1.165) is 11.6 Å². The lowest BCUT2D eigenvalue weighted by atomic mass is 10.0. The Morgan fingerprint density at radius 3 is 2.21 bits per heavy atom. The highest BCUT2D eigenvalue weighted by molar-refractivity contribution is 6.04. The van der Waals surface area contributed by atoms with E-state index < -0.39 is 23.3 Å². The van der Waals surface area contributed by atoms with Gasteiger partial charge in [-0.2, -0.15) is 13.2 Å². The molecule has 0 saturated heterocycles. The average Bonchev–Trinajstić information content (AvgIpc) is 2.33. The van der Waals surface area contributed by atoms with E-state index in [2.05, 4.69) is 0 Å². The number of hydrogen-bond donors (Lipinski definition) is 0. The molecule has 0 N–H and O–H groups in total. The molecule has 0 saturated carbocycles. The second-order valence-electron chi connectivity index (χ2n) is 4.07. The van der Waals surface area contributed by atoms with Crippen molar-refractivity contribution in [2.24, 2.45) is 0 Å². The zero-order valence-corrected chi connectivity index (χ0v) is 10.6. The minimum Gasteiger partial charge on any atom is -0.289 e. The van der Waals surface area contributed by atoms with Gasteiger partial charge in [0.25, 0.3) is 0 Å².